The topological polar surface area (TPSA) is 72.2 Å². The first-order valence-electron chi connectivity index (χ1n) is 7.97. The number of hydrogen-bond acceptors (Lipinski definition) is 4. The van der Waals surface area contributed by atoms with Crippen molar-refractivity contribution in [2.75, 3.05) is 0 Å². The fourth-order valence-electron chi connectivity index (χ4n) is 3.33. The fraction of sp³-hybridized carbons (Fsp3) is 0.278. The number of hydrogen-bond donors (Lipinski definition) is 1. The van der Waals surface area contributed by atoms with E-state index in [0.29, 0.717) is 11.2 Å². The minimum atomic E-state index is -1.04. The number of aliphatic carboxylic acids is 1. The van der Waals surface area contributed by atoms with E-state index in [4.69, 9.17) is 0 Å². The van der Waals surface area contributed by atoms with E-state index in [2.05, 4.69) is 4.98 Å². The van der Waals surface area contributed by atoms with Gasteiger partial charge in [-0.25, -0.2) is 4.98 Å². The molecule has 1 aliphatic rings. The monoisotopic (exact) mass is 340 g/mol. The van der Waals surface area contributed by atoms with Gasteiger partial charge in [-0.1, -0.05) is 30.3 Å². The number of aromatic nitrogens is 2. The summed E-state index contributed by atoms with van der Waals surface area (Å²) in [6.45, 7) is -0.378. The molecule has 1 N–H and O–H groups in total. The molecule has 5 nitrogen and oxygen atoms in total. The Bertz CT molecular complexity index is 989. The largest absolute Gasteiger partial charge is 0.480 e. The van der Waals surface area contributed by atoms with Gasteiger partial charge in [0.2, 0.25) is 0 Å². The van der Waals surface area contributed by atoms with Crippen LogP contribution >= 0.6 is 11.3 Å². The lowest BCUT2D eigenvalue weighted by Crippen LogP contribution is -2.27. The normalized spacial score (nSPS) is 13.8. The van der Waals surface area contributed by atoms with Gasteiger partial charge in [-0.2, -0.15) is 0 Å². The van der Waals surface area contributed by atoms with Crippen molar-refractivity contribution in [1.82, 2.24) is 9.55 Å². The Balaban J connectivity index is 2.04. The van der Waals surface area contributed by atoms with Gasteiger partial charge < -0.3 is 5.11 Å². The van der Waals surface area contributed by atoms with Gasteiger partial charge in [0.15, 0.2) is 0 Å². The van der Waals surface area contributed by atoms with Crippen LogP contribution < -0.4 is 5.56 Å². The van der Waals surface area contributed by atoms with Crippen molar-refractivity contribution in [2.24, 2.45) is 0 Å². The predicted molar refractivity (Wildman–Crippen MR) is 93.6 cm³/mol. The lowest BCUT2D eigenvalue weighted by Gasteiger charge is -2.12. The van der Waals surface area contributed by atoms with Gasteiger partial charge in [0.05, 0.1) is 5.39 Å². The van der Waals surface area contributed by atoms with Crippen LogP contribution in [0.1, 0.15) is 23.3 Å². The number of thiophene rings is 1. The highest BCUT2D eigenvalue weighted by atomic mass is 32.1. The third-order valence-electron chi connectivity index (χ3n) is 4.40. The molecule has 0 fully saturated rings. The molecule has 0 bridgehead atoms. The highest BCUT2D eigenvalue weighted by Gasteiger charge is 2.23. The number of aryl methyl sites for hydroxylation is 2. The van der Waals surface area contributed by atoms with Crippen LogP contribution in [0.2, 0.25) is 0 Å². The molecule has 6 heteroatoms. The smallest absolute Gasteiger partial charge is 0.323 e. The number of carboxylic acid groups (broad SMARTS) is 1. The highest BCUT2D eigenvalue weighted by Crippen LogP contribution is 2.34. The van der Waals surface area contributed by atoms with Crippen molar-refractivity contribution >= 4 is 27.5 Å². The van der Waals surface area contributed by atoms with Crippen LogP contribution in [0.4, 0.5) is 0 Å². The molecule has 0 amide bonds. The summed E-state index contributed by atoms with van der Waals surface area (Å²) in [7, 11) is 0. The molecule has 0 saturated heterocycles. The van der Waals surface area contributed by atoms with Gasteiger partial charge in [0.1, 0.15) is 17.2 Å². The van der Waals surface area contributed by atoms with Crippen LogP contribution in [0.15, 0.2) is 35.1 Å². The summed E-state index contributed by atoms with van der Waals surface area (Å²) in [5, 5.41) is 9.86. The Hall–Kier alpha value is -2.47. The SMILES string of the molecule is O=C(O)Cn1c(-c2ccccc2)nc2sc3c(c2c1=O)CCCC3. The predicted octanol–water partition coefficient (Wildman–Crippen LogP) is 3.09. The summed E-state index contributed by atoms with van der Waals surface area (Å²) in [6.07, 6.45) is 4.06. The molecule has 0 atom stereocenters. The minimum Gasteiger partial charge on any atom is -0.480 e. The lowest BCUT2D eigenvalue weighted by molar-refractivity contribution is -0.137. The van der Waals surface area contributed by atoms with Crippen LogP contribution in [0.25, 0.3) is 21.6 Å². The van der Waals surface area contributed by atoms with E-state index in [1.165, 1.54) is 9.44 Å². The van der Waals surface area contributed by atoms with Gasteiger partial charge >= 0.3 is 5.97 Å². The van der Waals surface area contributed by atoms with E-state index in [1.54, 1.807) is 11.3 Å². The van der Waals surface area contributed by atoms with Crippen LogP contribution in [0.5, 0.6) is 0 Å². The van der Waals surface area contributed by atoms with E-state index in [0.717, 1.165) is 41.6 Å². The van der Waals surface area contributed by atoms with E-state index in [-0.39, 0.29) is 12.1 Å². The van der Waals surface area contributed by atoms with Gasteiger partial charge in [0, 0.05) is 10.4 Å². The molecule has 1 aromatic carbocycles. The minimum absolute atomic E-state index is 0.236. The van der Waals surface area contributed by atoms with Gasteiger partial charge in [0.25, 0.3) is 5.56 Å². The Kier molecular flexibility index (Phi) is 3.69. The highest BCUT2D eigenvalue weighted by molar-refractivity contribution is 7.18. The first kappa shape index (κ1) is 15.1. The van der Waals surface area contributed by atoms with E-state index in [9.17, 15) is 14.7 Å². The quantitative estimate of drug-likeness (QED) is 0.795. The molecule has 0 saturated carbocycles. The maximum atomic E-state index is 13.1. The molecule has 2 heterocycles. The van der Waals surface area contributed by atoms with Crippen molar-refractivity contribution < 1.29 is 9.90 Å². The summed E-state index contributed by atoms with van der Waals surface area (Å²) in [5.74, 6) is -0.617. The summed E-state index contributed by atoms with van der Waals surface area (Å²) in [4.78, 5) is 31.0. The molecular weight excluding hydrogens is 324 g/mol. The molecule has 3 aromatic rings. The zero-order valence-corrected chi connectivity index (χ0v) is 13.8. The number of carbonyl (C=O) groups is 1. The number of fused-ring (bicyclic) bond motifs is 3. The molecule has 0 radical (unpaired) electrons. The average molecular weight is 340 g/mol. The molecule has 2 aromatic heterocycles. The second kappa shape index (κ2) is 5.87. The van der Waals surface area contributed by atoms with Crippen LogP contribution in [-0.2, 0) is 24.2 Å². The average Bonchev–Trinajstić information content (AvgIpc) is 2.96. The summed E-state index contributed by atoms with van der Waals surface area (Å²) < 4.78 is 1.29. The van der Waals surface area contributed by atoms with Crippen molar-refractivity contribution in [3.05, 3.63) is 51.1 Å². The van der Waals surface area contributed by atoms with Crippen molar-refractivity contribution in [3.63, 3.8) is 0 Å². The second-order valence-electron chi connectivity index (χ2n) is 5.98. The number of rotatable bonds is 3. The van der Waals surface area contributed by atoms with Crippen molar-refractivity contribution in [2.45, 2.75) is 32.2 Å². The van der Waals surface area contributed by atoms with Gasteiger partial charge in [-0.15, -0.1) is 11.3 Å². The van der Waals surface area contributed by atoms with E-state index >= 15 is 0 Å². The van der Waals surface area contributed by atoms with Gasteiger partial charge in [-0.3, -0.25) is 14.2 Å². The molecule has 0 aliphatic heterocycles. The molecule has 24 heavy (non-hydrogen) atoms. The zero-order chi connectivity index (χ0) is 16.7. The Labute approximate surface area is 142 Å². The van der Waals surface area contributed by atoms with Crippen LogP contribution in [-0.4, -0.2) is 20.6 Å². The third kappa shape index (κ3) is 2.43. The van der Waals surface area contributed by atoms with Crippen LogP contribution in [0, 0.1) is 0 Å². The summed E-state index contributed by atoms with van der Waals surface area (Å²) in [5.41, 5.74) is 1.60. The third-order valence-corrected chi connectivity index (χ3v) is 5.59. The molecule has 1 aliphatic carbocycles. The molecule has 4 rings (SSSR count). The van der Waals surface area contributed by atoms with Crippen molar-refractivity contribution in [1.29, 1.82) is 0 Å². The van der Waals surface area contributed by atoms with Crippen molar-refractivity contribution in [3.8, 4) is 11.4 Å². The number of nitrogens with zero attached hydrogens (tertiary/aromatic N) is 2. The lowest BCUT2D eigenvalue weighted by atomic mass is 9.97. The summed E-state index contributed by atoms with van der Waals surface area (Å²) >= 11 is 1.58. The number of benzene rings is 1. The van der Waals surface area contributed by atoms with E-state index in [1.807, 2.05) is 30.3 Å². The fourth-order valence-corrected chi connectivity index (χ4v) is 4.58. The number of carboxylic acids is 1. The molecule has 0 unspecified atom stereocenters. The first-order valence-corrected chi connectivity index (χ1v) is 8.79. The molecular formula is C18H16N2O3S. The Morgan fingerprint density at radius 2 is 1.96 bits per heavy atom. The summed E-state index contributed by atoms with van der Waals surface area (Å²) in [6, 6.07) is 9.29. The molecule has 122 valence electrons. The van der Waals surface area contributed by atoms with E-state index < -0.39 is 5.97 Å². The first-order chi connectivity index (χ1) is 11.6. The maximum Gasteiger partial charge on any atom is 0.323 e. The maximum absolute atomic E-state index is 13.1. The Morgan fingerprint density at radius 3 is 2.71 bits per heavy atom. The van der Waals surface area contributed by atoms with Crippen LogP contribution in [0.3, 0.4) is 0 Å². The van der Waals surface area contributed by atoms with Gasteiger partial charge in [-0.05, 0) is 31.2 Å². The second-order valence-corrected chi connectivity index (χ2v) is 7.06. The standard InChI is InChI=1S/C18H16N2O3S/c21-14(22)10-20-16(11-6-2-1-3-7-11)19-17-15(18(20)23)12-8-4-5-9-13(12)24-17/h1-3,6-7H,4-5,8-10H2,(H,21,22). The zero-order valence-electron chi connectivity index (χ0n) is 13.0. The Morgan fingerprint density at radius 1 is 1.21 bits per heavy atom. The molecule has 0 spiro atoms.